The Bertz CT molecular complexity index is 7740. The molecule has 0 saturated heterocycles. The van der Waals surface area contributed by atoms with Crippen molar-refractivity contribution in [3.05, 3.63) is 490 Å². The number of benzene rings is 19. The van der Waals surface area contributed by atoms with Crippen molar-refractivity contribution in [1.29, 1.82) is 0 Å². The van der Waals surface area contributed by atoms with Crippen LogP contribution in [-0.2, 0) is 0 Å². The van der Waals surface area contributed by atoms with Gasteiger partial charge in [0.1, 0.15) is 23.3 Å². The van der Waals surface area contributed by atoms with Gasteiger partial charge < -0.3 is 0 Å². The molecule has 0 aliphatic rings. The highest BCUT2D eigenvalue weighted by atomic mass is 19.1. The number of fused-ring (bicyclic) bond motifs is 2. The van der Waals surface area contributed by atoms with E-state index >= 15 is 0 Å². The quantitative estimate of drug-likeness (QED) is 0.0822. The van der Waals surface area contributed by atoms with Crippen molar-refractivity contribution in [3.63, 3.8) is 0 Å². The third-order valence-electron chi connectivity index (χ3n) is 23.2. The number of nitrogens with zero attached hydrogens (tertiary/aromatic N) is 9. The van der Waals surface area contributed by atoms with Crippen molar-refractivity contribution >= 4 is 21.5 Å². The molecule has 0 bridgehead atoms. The Hall–Kier alpha value is -17.6. The molecule has 0 amide bonds. The highest BCUT2D eigenvalue weighted by Gasteiger charge is 2.20. The smallest absolute Gasteiger partial charge is 0.164 e. The van der Waals surface area contributed by atoms with Crippen LogP contribution in [0.2, 0.25) is 0 Å². The monoisotopic (exact) mass is 1710 g/mol. The summed E-state index contributed by atoms with van der Waals surface area (Å²) in [5, 5.41) is 4.80. The molecule has 0 N–H and O–H groups in total. The van der Waals surface area contributed by atoms with Gasteiger partial charge in [-0.05, 0) is 214 Å². The second-order valence-electron chi connectivity index (χ2n) is 31.7. The van der Waals surface area contributed by atoms with E-state index in [1.165, 1.54) is 115 Å². The van der Waals surface area contributed by atoms with Crippen LogP contribution < -0.4 is 0 Å². The van der Waals surface area contributed by atoms with Crippen LogP contribution in [0.4, 0.5) is 17.6 Å². The van der Waals surface area contributed by atoms with Gasteiger partial charge in [-0.3, -0.25) is 0 Å². The number of hydrogen-bond acceptors (Lipinski definition) is 9. The molecule has 0 unspecified atom stereocenters. The molecule has 13 heteroatoms. The second-order valence-corrected chi connectivity index (χ2v) is 31.7. The Morgan fingerprint density at radius 2 is 0.288 bits per heavy atom. The minimum absolute atomic E-state index is 0.300. The van der Waals surface area contributed by atoms with Gasteiger partial charge in [0.15, 0.2) is 52.4 Å². The molecular formula is C119H77F4N9. The van der Waals surface area contributed by atoms with Crippen LogP contribution in [0.3, 0.4) is 0 Å². The van der Waals surface area contributed by atoms with Crippen molar-refractivity contribution in [2.75, 3.05) is 0 Å². The van der Waals surface area contributed by atoms with Crippen LogP contribution in [0.25, 0.3) is 213 Å². The van der Waals surface area contributed by atoms with E-state index in [-0.39, 0.29) is 23.3 Å². The van der Waals surface area contributed by atoms with Crippen molar-refractivity contribution in [3.8, 4) is 192 Å². The summed E-state index contributed by atoms with van der Waals surface area (Å²) in [6.45, 7) is 0. The molecule has 0 atom stereocenters. The van der Waals surface area contributed by atoms with Crippen LogP contribution in [0, 0.1) is 23.3 Å². The first-order chi connectivity index (χ1) is 65.0. The molecule has 0 saturated carbocycles. The zero-order chi connectivity index (χ0) is 89.1. The van der Waals surface area contributed by atoms with Gasteiger partial charge in [-0.25, -0.2) is 62.4 Å². The summed E-state index contributed by atoms with van der Waals surface area (Å²) < 4.78 is 54.5. The maximum absolute atomic E-state index is 13.7. The maximum atomic E-state index is 13.7. The first-order valence-electron chi connectivity index (χ1n) is 43.3. The summed E-state index contributed by atoms with van der Waals surface area (Å²) in [5.41, 5.74) is 25.6. The Morgan fingerprint density at radius 3 is 0.561 bits per heavy atom. The van der Waals surface area contributed by atoms with Gasteiger partial charge in [-0.15, -0.1) is 0 Å². The normalized spacial score (nSPS) is 11.0. The molecule has 0 radical (unpaired) electrons. The van der Waals surface area contributed by atoms with Gasteiger partial charge in [0.2, 0.25) is 0 Å². The first kappa shape index (κ1) is 82.7. The third kappa shape index (κ3) is 18.7. The highest BCUT2D eigenvalue weighted by molar-refractivity contribution is 6.05. The summed E-state index contributed by atoms with van der Waals surface area (Å²) in [4.78, 5) is 42.7. The lowest BCUT2D eigenvalue weighted by Gasteiger charge is -2.13. The first-order valence-corrected chi connectivity index (χ1v) is 43.3. The van der Waals surface area contributed by atoms with E-state index in [2.05, 4.69) is 272 Å². The lowest BCUT2D eigenvalue weighted by Crippen LogP contribution is -2.00. The molecule has 626 valence electrons. The minimum atomic E-state index is -0.341. The Kier molecular flexibility index (Phi) is 23.8. The van der Waals surface area contributed by atoms with Gasteiger partial charge in [0, 0.05) is 50.1 Å². The number of halogens is 4. The van der Waals surface area contributed by atoms with E-state index in [1.54, 1.807) is 48.5 Å². The SMILES string of the molecule is Fc1ccc(-c2nc(-c3ccc(F)cc3)nc(-c3ccc(-c4ccccc4-c4ccc5ccccc5c4)cc3)n2)cc1.Fc1ccc(-c2nc(-c3ccccc3)nc(-c3ccc(-c4ccc(-c5ccc(-c6ccccc6)cc5)c5ccccc45)cc3)n2)cc1.Fc1ccc(-c2nc(-c3ccccc3)nc(-c3ccc(-c4ccc(-c5ccc(-c6ccccc6)cc5)cc4)cc3)n2)cc1. The fourth-order valence-corrected chi connectivity index (χ4v) is 16.2. The van der Waals surface area contributed by atoms with Crippen LogP contribution in [0.1, 0.15) is 0 Å². The Morgan fingerprint density at radius 1 is 0.114 bits per heavy atom. The van der Waals surface area contributed by atoms with E-state index < -0.39 is 0 Å². The zero-order valence-corrected chi connectivity index (χ0v) is 71.0. The van der Waals surface area contributed by atoms with Gasteiger partial charge in [0.25, 0.3) is 0 Å². The Labute approximate surface area is 761 Å². The lowest BCUT2D eigenvalue weighted by atomic mass is 9.91. The molecule has 9 nitrogen and oxygen atoms in total. The van der Waals surface area contributed by atoms with Gasteiger partial charge >= 0.3 is 0 Å². The fraction of sp³-hybridized carbons (Fsp3) is 0. The topological polar surface area (TPSA) is 116 Å². The van der Waals surface area contributed by atoms with Crippen molar-refractivity contribution < 1.29 is 17.6 Å². The van der Waals surface area contributed by atoms with Crippen molar-refractivity contribution in [2.45, 2.75) is 0 Å². The number of aromatic nitrogens is 9. The van der Waals surface area contributed by atoms with E-state index in [0.29, 0.717) is 63.5 Å². The molecule has 3 heterocycles. The van der Waals surface area contributed by atoms with E-state index in [9.17, 15) is 17.6 Å². The molecule has 19 aromatic carbocycles. The average Bonchev–Trinajstić information content (AvgIpc) is 0.770. The minimum Gasteiger partial charge on any atom is -0.208 e. The molecule has 0 fully saturated rings. The van der Waals surface area contributed by atoms with Gasteiger partial charge in [-0.2, -0.15) is 0 Å². The predicted molar refractivity (Wildman–Crippen MR) is 527 cm³/mol. The van der Waals surface area contributed by atoms with E-state index in [1.807, 2.05) is 103 Å². The molecule has 22 aromatic rings. The molecular weight excluding hydrogens is 1630 g/mol. The van der Waals surface area contributed by atoms with Crippen molar-refractivity contribution in [2.24, 2.45) is 0 Å². The standard InChI is InChI=1S/C43H28FN3.C39H26FN3.C37H23F2N3/c44-36-25-23-35(24-26-36)43-46-41(33-11-5-2-6-12-33)45-42(47-43)34-21-19-32(20-22-34)38-28-27-37(39-13-7-8-14-40(38)39)31-17-15-30(16-18-31)29-9-3-1-4-10-29;40-36-25-23-35(24-26-36)39-42-37(33-9-5-2-6-10-33)41-38(43-39)34-21-19-32(20-22-34)31-17-15-30(16-18-31)29-13-11-28(12-14-29)27-7-3-1-4-8-27;38-31-19-15-27(16-20-31)36-40-35(41-37(42-36)28-17-21-32(39)22-18-28)26-12-10-25(11-13-26)33-7-3-4-8-34(33)30-14-9-24-5-1-2-6-29(24)23-30/h1-28H;1-26H;1-23H. The second kappa shape index (κ2) is 37.9. The summed E-state index contributed by atoms with van der Waals surface area (Å²) >= 11 is 0. The summed E-state index contributed by atoms with van der Waals surface area (Å²) in [6.07, 6.45) is 0. The maximum Gasteiger partial charge on any atom is 0.164 e. The number of hydrogen-bond donors (Lipinski definition) is 0. The lowest BCUT2D eigenvalue weighted by molar-refractivity contribution is 0.627. The highest BCUT2D eigenvalue weighted by Crippen LogP contribution is 2.41. The van der Waals surface area contributed by atoms with Crippen LogP contribution >= 0.6 is 0 Å². The summed E-state index contributed by atoms with van der Waals surface area (Å²) in [7, 11) is 0. The Balaban J connectivity index is 0.000000124. The molecule has 0 aliphatic carbocycles. The molecule has 132 heavy (non-hydrogen) atoms. The fourth-order valence-electron chi connectivity index (χ4n) is 16.2. The van der Waals surface area contributed by atoms with Crippen LogP contribution in [0.15, 0.2) is 467 Å². The van der Waals surface area contributed by atoms with Crippen molar-refractivity contribution in [1.82, 2.24) is 44.9 Å². The third-order valence-corrected chi connectivity index (χ3v) is 23.2. The molecule has 0 aliphatic heterocycles. The van der Waals surface area contributed by atoms with Crippen LogP contribution in [0.5, 0.6) is 0 Å². The summed E-state index contributed by atoms with van der Waals surface area (Å²) in [6, 6.07) is 152. The largest absolute Gasteiger partial charge is 0.208 e. The van der Waals surface area contributed by atoms with Gasteiger partial charge in [0.05, 0.1) is 0 Å². The predicted octanol–water partition coefficient (Wildman–Crippen LogP) is 30.8. The zero-order valence-electron chi connectivity index (χ0n) is 71.0. The van der Waals surface area contributed by atoms with Crippen LogP contribution in [-0.4, -0.2) is 44.9 Å². The van der Waals surface area contributed by atoms with E-state index in [4.69, 9.17) is 39.9 Å². The van der Waals surface area contributed by atoms with E-state index in [0.717, 1.165) is 83.5 Å². The molecule has 0 spiro atoms. The molecule has 22 rings (SSSR count). The van der Waals surface area contributed by atoms with Gasteiger partial charge in [-0.1, -0.05) is 364 Å². The molecule has 3 aromatic heterocycles. The summed E-state index contributed by atoms with van der Waals surface area (Å²) in [5.74, 6) is 3.26. The number of rotatable bonds is 17. The average molecular weight is 1710 g/mol.